The first-order valence-corrected chi connectivity index (χ1v) is 2.13. The van der Waals surface area contributed by atoms with Gasteiger partial charge in [0.05, 0.1) is 5.56 Å². The van der Waals surface area contributed by atoms with Gasteiger partial charge in [-0.1, -0.05) is 0 Å². The molecule has 0 saturated carbocycles. The zero-order valence-electron chi connectivity index (χ0n) is 4.61. The molecule has 0 amide bonds. The number of aromatic nitrogens is 2. The van der Waals surface area contributed by atoms with Crippen molar-refractivity contribution in [3.05, 3.63) is 24.3 Å². The Bertz CT molecular complexity index is 176. The summed E-state index contributed by atoms with van der Waals surface area (Å²) in [5.41, 5.74) is 0.507. The van der Waals surface area contributed by atoms with Gasteiger partial charge in [-0.15, -0.1) is 0 Å². The molecule has 0 aliphatic heterocycles. The fourth-order valence-corrected chi connectivity index (χ4v) is 0.371. The summed E-state index contributed by atoms with van der Waals surface area (Å²) in [4.78, 5) is 17.2. The van der Waals surface area contributed by atoms with Crippen LogP contribution >= 0.6 is 0 Å². The largest absolute Gasteiger partial charge is 0.412 e. The van der Waals surface area contributed by atoms with E-state index in [1.165, 1.54) is 18.7 Å². The number of nitrogens with zero attached hydrogens (tertiary/aromatic N) is 2. The van der Waals surface area contributed by atoms with E-state index in [1.54, 1.807) is 0 Å². The molecule has 0 unspecified atom stereocenters. The molecule has 0 saturated heterocycles. The molecule has 48 valence electrons. The molecule has 0 spiro atoms. The van der Waals surface area contributed by atoms with E-state index < -0.39 is 0 Å². The molecule has 0 atom stereocenters. The highest BCUT2D eigenvalue weighted by atomic mass is 16.1. The van der Waals surface area contributed by atoms with Crippen LogP contribution in [0.1, 0.15) is 10.4 Å². The Hall–Kier alpha value is -1.29. The maximum Gasteiger partial charge on any atom is 0.153 e. The van der Waals surface area contributed by atoms with E-state index in [9.17, 15) is 4.79 Å². The third kappa shape index (κ3) is 1.96. The Morgan fingerprint density at radius 2 is 1.89 bits per heavy atom. The first-order chi connectivity index (χ1) is 3.93. The van der Waals surface area contributed by atoms with Crippen molar-refractivity contribution in [3.63, 3.8) is 0 Å². The van der Waals surface area contributed by atoms with Gasteiger partial charge in [0, 0.05) is 12.4 Å². The minimum absolute atomic E-state index is 0. The summed E-state index contributed by atoms with van der Waals surface area (Å²) in [5, 5.41) is 0. The molecule has 1 rings (SSSR count). The predicted molar refractivity (Wildman–Crippen MR) is 31.0 cm³/mol. The molecule has 0 bridgehead atoms. The zero-order valence-corrected chi connectivity index (χ0v) is 4.61. The Kier molecular flexibility index (Phi) is 3.15. The molecule has 0 aliphatic rings. The number of rotatable bonds is 1. The maximum absolute atomic E-state index is 9.93. The van der Waals surface area contributed by atoms with Gasteiger partial charge in [0.1, 0.15) is 6.33 Å². The van der Waals surface area contributed by atoms with Crippen molar-refractivity contribution < 1.29 is 10.3 Å². The van der Waals surface area contributed by atoms with Crippen molar-refractivity contribution in [1.29, 1.82) is 0 Å². The number of hydrogen-bond acceptors (Lipinski definition) is 3. The highest BCUT2D eigenvalue weighted by Gasteiger charge is 1.82. The van der Waals surface area contributed by atoms with Crippen molar-refractivity contribution in [2.75, 3.05) is 0 Å². The standard InChI is InChI=1S/C5H4N2O.H2O/c8-3-5-1-6-4-7-2-5;/h1-4H;1H2. The quantitative estimate of drug-likeness (QED) is 0.474. The van der Waals surface area contributed by atoms with Gasteiger partial charge < -0.3 is 5.48 Å². The topological polar surface area (TPSA) is 74.3 Å². The molecule has 4 nitrogen and oxygen atoms in total. The van der Waals surface area contributed by atoms with Crippen LogP contribution in [0.4, 0.5) is 0 Å². The molecule has 0 radical (unpaired) electrons. The van der Waals surface area contributed by atoms with Crippen LogP contribution in [-0.4, -0.2) is 21.7 Å². The van der Waals surface area contributed by atoms with Crippen molar-refractivity contribution >= 4 is 6.29 Å². The lowest BCUT2D eigenvalue weighted by molar-refractivity contribution is 0.112. The van der Waals surface area contributed by atoms with Gasteiger partial charge in [0.2, 0.25) is 0 Å². The predicted octanol–water partition coefficient (Wildman–Crippen LogP) is -0.536. The van der Waals surface area contributed by atoms with Crippen molar-refractivity contribution in [2.24, 2.45) is 0 Å². The summed E-state index contributed by atoms with van der Waals surface area (Å²) < 4.78 is 0. The molecular weight excluding hydrogens is 120 g/mol. The van der Waals surface area contributed by atoms with Crippen LogP contribution < -0.4 is 0 Å². The molecule has 2 N–H and O–H groups in total. The van der Waals surface area contributed by atoms with E-state index in [-0.39, 0.29) is 5.48 Å². The molecule has 0 aliphatic carbocycles. The summed E-state index contributed by atoms with van der Waals surface area (Å²) in [6.45, 7) is 0. The molecule has 0 aromatic carbocycles. The Morgan fingerprint density at radius 3 is 2.22 bits per heavy atom. The third-order valence-electron chi connectivity index (χ3n) is 0.717. The summed E-state index contributed by atoms with van der Waals surface area (Å²) in [6.07, 6.45) is 5.01. The maximum atomic E-state index is 9.93. The molecule has 9 heavy (non-hydrogen) atoms. The van der Waals surface area contributed by atoms with Crippen LogP contribution in [0.3, 0.4) is 0 Å². The number of carbonyl (C=O) groups excluding carboxylic acids is 1. The average molecular weight is 126 g/mol. The van der Waals surface area contributed by atoms with Crippen molar-refractivity contribution in [1.82, 2.24) is 9.97 Å². The van der Waals surface area contributed by atoms with E-state index in [1.807, 2.05) is 0 Å². The van der Waals surface area contributed by atoms with Crippen LogP contribution in [0.25, 0.3) is 0 Å². The van der Waals surface area contributed by atoms with Gasteiger partial charge >= 0.3 is 0 Å². The molecule has 1 aromatic rings. The van der Waals surface area contributed by atoms with Gasteiger partial charge in [-0.2, -0.15) is 0 Å². The average Bonchev–Trinajstić information content (AvgIpc) is 1.90. The monoisotopic (exact) mass is 126 g/mol. The first-order valence-electron chi connectivity index (χ1n) is 2.13. The lowest BCUT2D eigenvalue weighted by Gasteiger charge is -1.80. The summed E-state index contributed by atoms with van der Waals surface area (Å²) in [6, 6.07) is 0. The fraction of sp³-hybridized carbons (Fsp3) is 0. The lowest BCUT2D eigenvalue weighted by Crippen LogP contribution is -1.81. The minimum atomic E-state index is 0. The van der Waals surface area contributed by atoms with Crippen molar-refractivity contribution in [2.45, 2.75) is 0 Å². The van der Waals surface area contributed by atoms with Crippen LogP contribution in [0.15, 0.2) is 18.7 Å². The lowest BCUT2D eigenvalue weighted by atomic mass is 10.4. The Balaban J connectivity index is 0.000000640. The number of carbonyl (C=O) groups is 1. The second kappa shape index (κ2) is 3.68. The van der Waals surface area contributed by atoms with E-state index in [2.05, 4.69) is 9.97 Å². The van der Waals surface area contributed by atoms with Gasteiger partial charge in [-0.25, -0.2) is 9.97 Å². The third-order valence-corrected chi connectivity index (χ3v) is 0.717. The first kappa shape index (κ1) is 7.71. The highest BCUT2D eigenvalue weighted by molar-refractivity contribution is 5.73. The number of aldehydes is 1. The Morgan fingerprint density at radius 1 is 1.33 bits per heavy atom. The van der Waals surface area contributed by atoms with Gasteiger partial charge in [-0.05, 0) is 0 Å². The zero-order chi connectivity index (χ0) is 5.82. The second-order valence-electron chi connectivity index (χ2n) is 1.29. The van der Waals surface area contributed by atoms with Gasteiger partial charge in [-0.3, -0.25) is 4.79 Å². The van der Waals surface area contributed by atoms with E-state index in [4.69, 9.17) is 0 Å². The SMILES string of the molecule is O.O=Cc1cncnc1. The summed E-state index contributed by atoms with van der Waals surface area (Å²) >= 11 is 0. The second-order valence-corrected chi connectivity index (χ2v) is 1.29. The summed E-state index contributed by atoms with van der Waals surface area (Å²) in [5.74, 6) is 0. The van der Waals surface area contributed by atoms with E-state index in [0.29, 0.717) is 11.8 Å². The summed E-state index contributed by atoms with van der Waals surface area (Å²) in [7, 11) is 0. The minimum Gasteiger partial charge on any atom is -0.412 e. The normalized spacial score (nSPS) is 7.56. The fourth-order valence-electron chi connectivity index (χ4n) is 0.371. The smallest absolute Gasteiger partial charge is 0.153 e. The van der Waals surface area contributed by atoms with Crippen LogP contribution in [0, 0.1) is 0 Å². The molecule has 0 fully saturated rings. The van der Waals surface area contributed by atoms with E-state index in [0.717, 1.165) is 0 Å². The molecule has 4 heteroatoms. The molecular formula is C5H6N2O2. The Labute approximate surface area is 51.9 Å². The van der Waals surface area contributed by atoms with Crippen LogP contribution in [0.5, 0.6) is 0 Å². The molecule has 1 aromatic heterocycles. The highest BCUT2D eigenvalue weighted by Crippen LogP contribution is 1.83. The van der Waals surface area contributed by atoms with Crippen molar-refractivity contribution in [3.8, 4) is 0 Å². The van der Waals surface area contributed by atoms with Crippen LogP contribution in [0.2, 0.25) is 0 Å². The van der Waals surface area contributed by atoms with Crippen LogP contribution in [-0.2, 0) is 0 Å². The van der Waals surface area contributed by atoms with Gasteiger partial charge in [0.15, 0.2) is 6.29 Å². The molecule has 1 heterocycles. The van der Waals surface area contributed by atoms with E-state index >= 15 is 0 Å². The number of hydrogen-bond donors (Lipinski definition) is 0. The van der Waals surface area contributed by atoms with Gasteiger partial charge in [0.25, 0.3) is 0 Å².